The molecule has 1 aliphatic rings. The molecule has 1 rings (SSSR count). The fraction of sp³-hybridized carbons (Fsp3) is 0.917. The summed E-state index contributed by atoms with van der Waals surface area (Å²) in [4.78, 5) is 11.7. The highest BCUT2D eigenvalue weighted by Gasteiger charge is 2.30. The van der Waals surface area contributed by atoms with Gasteiger partial charge in [-0.05, 0) is 25.7 Å². The molecule has 1 fully saturated rings. The summed E-state index contributed by atoms with van der Waals surface area (Å²) in [5.74, 6) is 0.402. The molecule has 2 N–H and O–H groups in total. The molecule has 0 bridgehead atoms. The highest BCUT2D eigenvalue weighted by atomic mass is 16.5. The number of nitrogens with one attached hydrogen (secondary N) is 1. The summed E-state index contributed by atoms with van der Waals surface area (Å²) in [6.45, 7) is 7.03. The number of ether oxygens (including phenoxy) is 1. The number of hydrogen-bond acceptors (Lipinski definition) is 3. The number of rotatable bonds is 5. The molecule has 0 saturated carbocycles. The van der Waals surface area contributed by atoms with Crippen LogP contribution >= 0.6 is 0 Å². The van der Waals surface area contributed by atoms with Crippen molar-refractivity contribution in [3.05, 3.63) is 0 Å². The summed E-state index contributed by atoms with van der Waals surface area (Å²) in [6.07, 6.45) is 1.06. The molecule has 0 radical (unpaired) electrons. The van der Waals surface area contributed by atoms with Crippen molar-refractivity contribution in [2.75, 3.05) is 13.2 Å². The Morgan fingerprint density at radius 2 is 2.25 bits per heavy atom. The number of carbonyl (C=O) groups is 1. The second-order valence-electron chi connectivity index (χ2n) is 5.00. The summed E-state index contributed by atoms with van der Waals surface area (Å²) in [7, 11) is 0. The first-order valence-corrected chi connectivity index (χ1v) is 6.08. The van der Waals surface area contributed by atoms with E-state index in [0.29, 0.717) is 19.1 Å². The molecule has 4 nitrogen and oxygen atoms in total. The maximum atomic E-state index is 11.7. The predicted molar refractivity (Wildman–Crippen MR) is 62.0 cm³/mol. The zero-order valence-electron chi connectivity index (χ0n) is 10.4. The second-order valence-corrected chi connectivity index (χ2v) is 5.00. The van der Waals surface area contributed by atoms with Crippen LogP contribution in [-0.2, 0) is 9.53 Å². The average molecular weight is 229 g/mol. The Hall–Kier alpha value is -0.610. The zero-order valence-corrected chi connectivity index (χ0v) is 10.4. The van der Waals surface area contributed by atoms with Gasteiger partial charge in [0.25, 0.3) is 0 Å². The Morgan fingerprint density at radius 3 is 2.75 bits per heavy atom. The predicted octanol–water partition coefficient (Wildman–Crippen LogP) is 0.935. The molecule has 1 heterocycles. The van der Waals surface area contributed by atoms with Gasteiger partial charge in [-0.3, -0.25) is 4.79 Å². The highest BCUT2D eigenvalue weighted by Crippen LogP contribution is 2.20. The normalized spacial score (nSPS) is 27.1. The molecule has 94 valence electrons. The van der Waals surface area contributed by atoms with E-state index in [-0.39, 0.29) is 17.9 Å². The van der Waals surface area contributed by atoms with Crippen LogP contribution < -0.4 is 5.32 Å². The molecule has 1 saturated heterocycles. The van der Waals surface area contributed by atoms with E-state index in [1.165, 1.54) is 0 Å². The molecule has 1 amide bonds. The summed E-state index contributed by atoms with van der Waals surface area (Å²) >= 11 is 0. The van der Waals surface area contributed by atoms with Gasteiger partial charge in [-0.1, -0.05) is 13.8 Å². The lowest BCUT2D eigenvalue weighted by molar-refractivity contribution is -0.126. The van der Waals surface area contributed by atoms with Gasteiger partial charge in [0.15, 0.2) is 0 Å². The quantitative estimate of drug-likeness (QED) is 0.737. The molecule has 0 aromatic rings. The Balaban J connectivity index is 2.24. The van der Waals surface area contributed by atoms with E-state index >= 15 is 0 Å². The molecule has 3 atom stereocenters. The minimum Gasteiger partial charge on any atom is -0.391 e. The van der Waals surface area contributed by atoms with Crippen LogP contribution in [0.25, 0.3) is 0 Å². The van der Waals surface area contributed by atoms with Crippen LogP contribution in [0.2, 0.25) is 0 Å². The minimum absolute atomic E-state index is 0.00208. The molecular weight excluding hydrogens is 206 g/mol. The molecule has 0 aromatic carbocycles. The van der Waals surface area contributed by atoms with Crippen molar-refractivity contribution >= 4 is 5.91 Å². The van der Waals surface area contributed by atoms with Crippen molar-refractivity contribution in [1.82, 2.24) is 5.32 Å². The van der Waals surface area contributed by atoms with Crippen LogP contribution in [0.1, 0.15) is 33.6 Å². The van der Waals surface area contributed by atoms with Crippen LogP contribution in [-0.4, -0.2) is 36.4 Å². The largest absolute Gasteiger partial charge is 0.391 e. The zero-order chi connectivity index (χ0) is 12.1. The van der Waals surface area contributed by atoms with Crippen LogP contribution in [0.4, 0.5) is 0 Å². The van der Waals surface area contributed by atoms with Gasteiger partial charge in [-0.2, -0.15) is 0 Å². The van der Waals surface area contributed by atoms with Crippen molar-refractivity contribution in [3.8, 4) is 0 Å². The maximum Gasteiger partial charge on any atom is 0.225 e. The van der Waals surface area contributed by atoms with E-state index in [1.54, 1.807) is 0 Å². The van der Waals surface area contributed by atoms with E-state index in [0.717, 1.165) is 12.8 Å². The van der Waals surface area contributed by atoms with Crippen molar-refractivity contribution in [2.45, 2.75) is 45.8 Å². The number of hydrogen-bond donors (Lipinski definition) is 2. The molecule has 1 aliphatic heterocycles. The van der Waals surface area contributed by atoms with Crippen molar-refractivity contribution in [2.24, 2.45) is 11.8 Å². The monoisotopic (exact) mass is 229 g/mol. The van der Waals surface area contributed by atoms with E-state index in [4.69, 9.17) is 4.74 Å². The molecule has 0 spiro atoms. The Labute approximate surface area is 97.4 Å². The van der Waals surface area contributed by atoms with Gasteiger partial charge in [-0.15, -0.1) is 0 Å². The topological polar surface area (TPSA) is 58.6 Å². The third-order valence-electron chi connectivity index (χ3n) is 2.97. The molecule has 3 unspecified atom stereocenters. The van der Waals surface area contributed by atoms with E-state index in [9.17, 15) is 9.90 Å². The smallest absolute Gasteiger partial charge is 0.225 e. The molecule has 0 aromatic heterocycles. The van der Waals surface area contributed by atoms with Gasteiger partial charge in [0.2, 0.25) is 5.91 Å². The molecule has 0 aliphatic carbocycles. The summed E-state index contributed by atoms with van der Waals surface area (Å²) in [5.41, 5.74) is 0. The van der Waals surface area contributed by atoms with Crippen molar-refractivity contribution in [1.29, 1.82) is 0 Å². The number of aliphatic hydroxyl groups excluding tert-OH is 1. The van der Waals surface area contributed by atoms with Gasteiger partial charge in [0.1, 0.15) is 0 Å². The summed E-state index contributed by atoms with van der Waals surface area (Å²) in [6, 6.07) is 0. The lowest BCUT2D eigenvalue weighted by Gasteiger charge is -2.17. The molecular formula is C12H23NO3. The van der Waals surface area contributed by atoms with Crippen LogP contribution in [0.5, 0.6) is 0 Å². The van der Waals surface area contributed by atoms with E-state index in [1.807, 2.05) is 6.92 Å². The fourth-order valence-corrected chi connectivity index (χ4v) is 2.05. The van der Waals surface area contributed by atoms with Crippen molar-refractivity contribution in [3.63, 3.8) is 0 Å². The SMILES string of the molecule is CC(C)CC(O)CNC(=O)C1CCOC1C. The third kappa shape index (κ3) is 4.10. The first kappa shape index (κ1) is 13.5. The number of amides is 1. The number of carbonyl (C=O) groups excluding carboxylic acids is 1. The molecule has 4 heteroatoms. The maximum absolute atomic E-state index is 11.7. The van der Waals surface area contributed by atoms with Gasteiger partial charge in [-0.25, -0.2) is 0 Å². The molecule has 16 heavy (non-hydrogen) atoms. The van der Waals surface area contributed by atoms with Gasteiger partial charge >= 0.3 is 0 Å². The van der Waals surface area contributed by atoms with Crippen molar-refractivity contribution < 1.29 is 14.6 Å². The lowest BCUT2D eigenvalue weighted by Crippen LogP contribution is -2.38. The first-order valence-electron chi connectivity index (χ1n) is 6.08. The van der Waals surface area contributed by atoms with Gasteiger partial charge in [0.05, 0.1) is 18.1 Å². The summed E-state index contributed by atoms with van der Waals surface area (Å²) in [5, 5.41) is 12.4. The Morgan fingerprint density at radius 1 is 1.56 bits per heavy atom. The summed E-state index contributed by atoms with van der Waals surface area (Å²) < 4.78 is 5.33. The standard InChI is InChI=1S/C12H23NO3/c1-8(2)6-10(14)7-13-12(15)11-4-5-16-9(11)3/h8-11,14H,4-7H2,1-3H3,(H,13,15). The van der Waals surface area contributed by atoms with E-state index < -0.39 is 6.10 Å². The van der Waals surface area contributed by atoms with Gasteiger partial charge < -0.3 is 15.2 Å². The third-order valence-corrected chi connectivity index (χ3v) is 2.97. The lowest BCUT2D eigenvalue weighted by atomic mass is 10.0. The van der Waals surface area contributed by atoms with Crippen LogP contribution in [0.3, 0.4) is 0 Å². The number of aliphatic hydroxyl groups is 1. The van der Waals surface area contributed by atoms with Gasteiger partial charge in [0, 0.05) is 13.2 Å². The van der Waals surface area contributed by atoms with Crippen LogP contribution in [0, 0.1) is 11.8 Å². The van der Waals surface area contributed by atoms with Crippen LogP contribution in [0.15, 0.2) is 0 Å². The Kier molecular flexibility index (Phi) is 5.22. The second kappa shape index (κ2) is 6.21. The first-order chi connectivity index (χ1) is 7.50. The average Bonchev–Trinajstić information content (AvgIpc) is 2.60. The highest BCUT2D eigenvalue weighted by molar-refractivity contribution is 5.79. The van der Waals surface area contributed by atoms with E-state index in [2.05, 4.69) is 19.2 Å². The Bertz CT molecular complexity index is 230. The minimum atomic E-state index is -0.443. The fourth-order valence-electron chi connectivity index (χ4n) is 2.05.